The lowest BCUT2D eigenvalue weighted by Gasteiger charge is -2.24. The van der Waals surface area contributed by atoms with Crippen molar-refractivity contribution in [1.29, 1.82) is 0 Å². The van der Waals surface area contributed by atoms with Crippen LogP contribution in [0.1, 0.15) is 122 Å². The molecule has 0 heterocycles. The van der Waals surface area contributed by atoms with Crippen LogP contribution in [-0.4, -0.2) is 13.2 Å². The van der Waals surface area contributed by atoms with Gasteiger partial charge in [-0.15, -0.1) is 0 Å². The van der Waals surface area contributed by atoms with Gasteiger partial charge in [0.25, 0.3) is 0 Å². The molecule has 4 aromatic rings. The van der Waals surface area contributed by atoms with Crippen LogP contribution in [0.4, 0.5) is 0 Å². The largest absolute Gasteiger partial charge is 0.494 e. The maximum absolute atomic E-state index is 5.74. The second kappa shape index (κ2) is 22.0. The van der Waals surface area contributed by atoms with E-state index in [1.54, 1.807) is 0 Å². The van der Waals surface area contributed by atoms with Gasteiger partial charge in [-0.2, -0.15) is 0 Å². The first kappa shape index (κ1) is 39.8. The van der Waals surface area contributed by atoms with Crippen molar-refractivity contribution >= 4 is 0 Å². The molecule has 2 nitrogen and oxygen atoms in total. The minimum absolute atomic E-state index is 0.589. The molecule has 2 aliphatic carbocycles. The van der Waals surface area contributed by atoms with Gasteiger partial charge in [-0.1, -0.05) is 119 Å². The summed E-state index contributed by atoms with van der Waals surface area (Å²) in [5.41, 5.74) is 7.12. The Morgan fingerprint density at radius 2 is 0.830 bits per heavy atom. The van der Waals surface area contributed by atoms with Crippen molar-refractivity contribution in [2.45, 2.75) is 111 Å². The first-order valence-corrected chi connectivity index (χ1v) is 20.7. The molecule has 0 spiro atoms. The molecular weight excluding hydrogens is 645 g/mol. The van der Waals surface area contributed by atoms with Gasteiger partial charge in [0.15, 0.2) is 0 Å². The fourth-order valence-corrected chi connectivity index (χ4v) is 7.14. The van der Waals surface area contributed by atoms with E-state index in [1.165, 1.54) is 80.0 Å². The van der Waals surface area contributed by atoms with E-state index in [1.807, 2.05) is 0 Å². The molecule has 0 radical (unpaired) electrons. The van der Waals surface area contributed by atoms with Crippen LogP contribution in [0.5, 0.6) is 11.5 Å². The number of unbranched alkanes of at least 4 members (excludes halogenated alkanes) is 2. The van der Waals surface area contributed by atoms with Gasteiger partial charge < -0.3 is 9.47 Å². The molecule has 2 fully saturated rings. The monoisotopic (exact) mass is 706 g/mol. The van der Waals surface area contributed by atoms with E-state index in [-0.39, 0.29) is 0 Å². The summed E-state index contributed by atoms with van der Waals surface area (Å²) in [7, 11) is 0. The number of hydrogen-bond donors (Lipinski definition) is 0. The molecule has 0 amide bonds. The van der Waals surface area contributed by atoms with E-state index < -0.39 is 0 Å². The van der Waals surface area contributed by atoms with E-state index in [0.29, 0.717) is 11.8 Å². The van der Waals surface area contributed by atoms with Gasteiger partial charge in [-0.3, -0.25) is 0 Å². The van der Waals surface area contributed by atoms with E-state index in [9.17, 15) is 0 Å². The molecule has 0 aromatic heterocycles. The summed E-state index contributed by atoms with van der Waals surface area (Å²) in [5, 5.41) is 0. The summed E-state index contributed by atoms with van der Waals surface area (Å²) < 4.78 is 11.5. The zero-order valence-corrected chi connectivity index (χ0v) is 33.0. The smallest absolute Gasteiger partial charge is 0.119 e. The van der Waals surface area contributed by atoms with Crippen molar-refractivity contribution in [1.82, 2.24) is 0 Å². The average molecular weight is 707 g/mol. The van der Waals surface area contributed by atoms with E-state index in [4.69, 9.17) is 9.47 Å². The molecule has 2 heteroatoms. The zero-order valence-electron chi connectivity index (χ0n) is 33.0. The average Bonchev–Trinajstić information content (AvgIpc) is 3.21. The summed E-state index contributed by atoms with van der Waals surface area (Å²) in [6.07, 6.45) is 16.3. The lowest BCUT2D eigenvalue weighted by molar-refractivity contribution is 0.309. The maximum Gasteiger partial charge on any atom is 0.119 e. The molecule has 0 unspecified atom stereocenters. The van der Waals surface area contributed by atoms with Gasteiger partial charge in [0.1, 0.15) is 11.5 Å². The topological polar surface area (TPSA) is 18.5 Å². The summed E-state index contributed by atoms with van der Waals surface area (Å²) in [4.78, 5) is 0. The van der Waals surface area contributed by atoms with Crippen LogP contribution in [0.25, 0.3) is 22.3 Å². The standard InChI is InChI=1S/C26H32O.C25H30O/c1-3-5-20-27-26-18-16-25(17-19-26)24-14-12-23(13-15-24)11-10-22-8-6-21(4-2)7-9-22;1-3-4-19-26-25-17-15-24(16-18-25)23-13-11-22(12-14-23)10-9-21-7-5-20(2)6-8-21/h12-19,21-22H,3-9,20H2,1-2H3;11-18,20-21H,3-8,19H2,1-2H3/t21-,22-;20-,21-. The summed E-state index contributed by atoms with van der Waals surface area (Å²) in [6.45, 7) is 10.6. The quantitative estimate of drug-likeness (QED) is 0.114. The minimum Gasteiger partial charge on any atom is -0.494 e. The Balaban J connectivity index is 0.000000204. The molecule has 0 N–H and O–H groups in total. The van der Waals surface area contributed by atoms with Crippen molar-refractivity contribution in [2.24, 2.45) is 23.7 Å². The summed E-state index contributed by atoms with van der Waals surface area (Å²) in [6, 6.07) is 34.0. The van der Waals surface area contributed by atoms with Crippen molar-refractivity contribution in [3.05, 3.63) is 108 Å². The Labute approximate surface area is 322 Å². The SMILES string of the molecule is CCCCOc1ccc(-c2ccc(C#C[C@H]3CC[C@H](C)CC3)cc2)cc1.CCCCOc1ccc(-c2ccc(C#C[C@H]3CC[C@H](CC)CC3)cc2)cc1. The number of benzene rings is 4. The second-order valence-corrected chi connectivity index (χ2v) is 15.2. The molecule has 2 aliphatic rings. The minimum atomic E-state index is 0.589. The summed E-state index contributed by atoms with van der Waals surface area (Å²) >= 11 is 0. The van der Waals surface area contributed by atoms with Crippen molar-refractivity contribution < 1.29 is 9.47 Å². The van der Waals surface area contributed by atoms with Crippen molar-refractivity contribution in [3.8, 4) is 57.4 Å². The predicted octanol–water partition coefficient (Wildman–Crippen LogP) is 13.8. The van der Waals surface area contributed by atoms with Crippen LogP contribution < -0.4 is 9.47 Å². The predicted molar refractivity (Wildman–Crippen MR) is 225 cm³/mol. The molecule has 6 rings (SSSR count). The van der Waals surface area contributed by atoms with Crippen LogP contribution in [0.3, 0.4) is 0 Å². The molecule has 0 bridgehead atoms. The van der Waals surface area contributed by atoms with Crippen LogP contribution in [-0.2, 0) is 0 Å². The van der Waals surface area contributed by atoms with Gasteiger partial charge in [-0.25, -0.2) is 0 Å². The molecule has 4 aromatic carbocycles. The van der Waals surface area contributed by atoms with E-state index in [0.717, 1.165) is 73.4 Å². The van der Waals surface area contributed by atoms with Gasteiger partial charge in [0, 0.05) is 23.0 Å². The lowest BCUT2D eigenvalue weighted by Crippen LogP contribution is -2.12. The first-order valence-electron chi connectivity index (χ1n) is 20.7. The van der Waals surface area contributed by atoms with Gasteiger partial charge in [0.2, 0.25) is 0 Å². The molecular formula is C51H62O2. The van der Waals surface area contributed by atoms with Crippen LogP contribution in [0, 0.1) is 47.4 Å². The van der Waals surface area contributed by atoms with E-state index in [2.05, 4.69) is 148 Å². The number of ether oxygens (including phenoxy) is 2. The number of hydrogen-bond acceptors (Lipinski definition) is 2. The molecule has 53 heavy (non-hydrogen) atoms. The molecule has 0 aliphatic heterocycles. The van der Waals surface area contributed by atoms with Gasteiger partial charge in [0.05, 0.1) is 13.2 Å². The fraction of sp³-hybridized carbons (Fsp3) is 0.451. The third kappa shape index (κ3) is 13.5. The van der Waals surface area contributed by atoms with Crippen molar-refractivity contribution in [3.63, 3.8) is 0 Å². The Kier molecular flexibility index (Phi) is 16.5. The Bertz CT molecular complexity index is 1730. The highest BCUT2D eigenvalue weighted by molar-refractivity contribution is 5.66. The van der Waals surface area contributed by atoms with Gasteiger partial charge in [-0.05, 0) is 147 Å². The van der Waals surface area contributed by atoms with Gasteiger partial charge >= 0.3 is 0 Å². The molecule has 0 saturated heterocycles. The third-order valence-corrected chi connectivity index (χ3v) is 11.0. The molecule has 2 saturated carbocycles. The second-order valence-electron chi connectivity index (χ2n) is 15.2. The maximum atomic E-state index is 5.74. The zero-order chi connectivity index (χ0) is 37.1. The van der Waals surface area contributed by atoms with E-state index >= 15 is 0 Å². The normalized spacial score (nSPS) is 19.3. The Morgan fingerprint density at radius 1 is 0.472 bits per heavy atom. The Morgan fingerprint density at radius 3 is 1.19 bits per heavy atom. The highest BCUT2D eigenvalue weighted by atomic mass is 16.5. The fourth-order valence-electron chi connectivity index (χ4n) is 7.14. The summed E-state index contributed by atoms with van der Waals surface area (Å²) in [5.74, 6) is 18.7. The Hall–Kier alpha value is -4.40. The molecule has 0 atom stereocenters. The number of rotatable bonds is 11. The highest BCUT2D eigenvalue weighted by Gasteiger charge is 2.18. The van der Waals surface area contributed by atoms with Crippen LogP contribution in [0.2, 0.25) is 0 Å². The van der Waals surface area contributed by atoms with Crippen LogP contribution in [0.15, 0.2) is 97.1 Å². The third-order valence-electron chi connectivity index (χ3n) is 11.0. The lowest BCUT2D eigenvalue weighted by atomic mass is 9.81. The van der Waals surface area contributed by atoms with Crippen LogP contribution >= 0.6 is 0 Å². The van der Waals surface area contributed by atoms with Crippen molar-refractivity contribution in [2.75, 3.05) is 13.2 Å². The highest BCUT2D eigenvalue weighted by Crippen LogP contribution is 2.31. The molecule has 278 valence electrons. The first-order chi connectivity index (χ1) is 26.0.